The van der Waals surface area contributed by atoms with Crippen molar-refractivity contribution < 1.29 is 0 Å². The van der Waals surface area contributed by atoms with Gasteiger partial charge in [-0.3, -0.25) is 4.98 Å². The molecule has 0 amide bonds. The highest BCUT2D eigenvalue weighted by Gasteiger charge is 2.08. The van der Waals surface area contributed by atoms with Gasteiger partial charge in [0.15, 0.2) is 0 Å². The normalized spacial score (nSPS) is 12.6. The lowest BCUT2D eigenvalue weighted by Gasteiger charge is -2.18. The third-order valence-corrected chi connectivity index (χ3v) is 3.47. The van der Waals surface area contributed by atoms with Crippen molar-refractivity contribution in [2.24, 2.45) is 0 Å². The Hall–Kier alpha value is -0.990. The summed E-state index contributed by atoms with van der Waals surface area (Å²) in [6.45, 7) is 2.16. The number of fused-ring (bicyclic) bond motifs is 1. The molecule has 0 saturated carbocycles. The van der Waals surface area contributed by atoms with Gasteiger partial charge in [-0.25, -0.2) is 0 Å². The minimum Gasteiger partial charge on any atom is -0.382 e. The Labute approximate surface area is 117 Å². The van der Waals surface area contributed by atoms with Gasteiger partial charge in [0.1, 0.15) is 0 Å². The maximum atomic E-state index is 5.98. The van der Waals surface area contributed by atoms with Gasteiger partial charge >= 0.3 is 0 Å². The van der Waals surface area contributed by atoms with E-state index in [0.29, 0.717) is 16.9 Å². The summed E-state index contributed by atoms with van der Waals surface area (Å²) in [7, 11) is 0. The van der Waals surface area contributed by atoms with Crippen LogP contribution < -0.4 is 5.32 Å². The van der Waals surface area contributed by atoms with Gasteiger partial charge in [0.2, 0.25) is 0 Å². The van der Waals surface area contributed by atoms with E-state index in [2.05, 4.69) is 17.2 Å². The third kappa shape index (κ3) is 3.06. The van der Waals surface area contributed by atoms with Crippen molar-refractivity contribution >= 4 is 39.8 Å². The smallest absolute Gasteiger partial charge is 0.0737 e. The Morgan fingerprint density at radius 1 is 1.33 bits per heavy atom. The molecule has 4 heteroatoms. The highest BCUT2D eigenvalue weighted by molar-refractivity contribution is 6.31. The van der Waals surface area contributed by atoms with Gasteiger partial charge in [-0.15, -0.1) is 11.6 Å². The van der Waals surface area contributed by atoms with Crippen LogP contribution in [-0.4, -0.2) is 16.9 Å². The Morgan fingerprint density at radius 3 is 2.89 bits per heavy atom. The van der Waals surface area contributed by atoms with Crippen LogP contribution in [0.1, 0.15) is 19.8 Å². The van der Waals surface area contributed by atoms with Gasteiger partial charge in [-0.2, -0.15) is 0 Å². The molecule has 0 aliphatic rings. The van der Waals surface area contributed by atoms with Crippen molar-refractivity contribution in [2.45, 2.75) is 25.8 Å². The SMILES string of the molecule is CCC(CCCl)Nc1ccnc2cc(Cl)ccc12. The number of alkyl halides is 1. The molecule has 2 rings (SSSR count). The molecule has 0 saturated heterocycles. The van der Waals surface area contributed by atoms with E-state index in [1.54, 1.807) is 6.20 Å². The van der Waals surface area contributed by atoms with Crippen LogP contribution in [0, 0.1) is 0 Å². The number of benzene rings is 1. The Kier molecular flexibility index (Phi) is 4.67. The number of hydrogen-bond acceptors (Lipinski definition) is 2. The first kappa shape index (κ1) is 13.4. The summed E-state index contributed by atoms with van der Waals surface area (Å²) in [4.78, 5) is 4.33. The Bertz CT molecular complexity index is 528. The second-order valence-corrected chi connectivity index (χ2v) is 5.06. The lowest BCUT2D eigenvalue weighted by atomic mass is 10.1. The van der Waals surface area contributed by atoms with Crippen LogP contribution in [-0.2, 0) is 0 Å². The fourth-order valence-electron chi connectivity index (χ4n) is 1.98. The van der Waals surface area contributed by atoms with Crippen molar-refractivity contribution in [2.75, 3.05) is 11.2 Å². The van der Waals surface area contributed by atoms with Gasteiger partial charge < -0.3 is 5.32 Å². The summed E-state index contributed by atoms with van der Waals surface area (Å²) < 4.78 is 0. The number of halogens is 2. The molecule has 1 N–H and O–H groups in total. The lowest BCUT2D eigenvalue weighted by molar-refractivity contribution is 0.676. The monoisotopic (exact) mass is 282 g/mol. The zero-order valence-electron chi connectivity index (χ0n) is 10.3. The molecule has 1 atom stereocenters. The summed E-state index contributed by atoms with van der Waals surface area (Å²) in [6.07, 6.45) is 3.80. The molecule has 2 nitrogen and oxygen atoms in total. The van der Waals surface area contributed by atoms with E-state index in [0.717, 1.165) is 29.4 Å². The highest BCUT2D eigenvalue weighted by Crippen LogP contribution is 2.25. The summed E-state index contributed by atoms with van der Waals surface area (Å²) >= 11 is 11.8. The van der Waals surface area contributed by atoms with Crippen LogP contribution >= 0.6 is 23.2 Å². The first-order valence-corrected chi connectivity index (χ1v) is 7.02. The largest absolute Gasteiger partial charge is 0.382 e. The molecule has 0 aliphatic carbocycles. The molecule has 0 spiro atoms. The van der Waals surface area contributed by atoms with E-state index in [9.17, 15) is 0 Å². The van der Waals surface area contributed by atoms with E-state index in [4.69, 9.17) is 23.2 Å². The maximum absolute atomic E-state index is 5.98. The molecule has 0 aliphatic heterocycles. The number of nitrogens with zero attached hydrogens (tertiary/aromatic N) is 1. The van der Waals surface area contributed by atoms with Gasteiger partial charge in [0.05, 0.1) is 5.52 Å². The molecule has 1 heterocycles. The maximum Gasteiger partial charge on any atom is 0.0737 e. The van der Waals surface area contributed by atoms with E-state index in [1.807, 2.05) is 24.3 Å². The van der Waals surface area contributed by atoms with Crippen molar-refractivity contribution in [1.82, 2.24) is 4.98 Å². The van der Waals surface area contributed by atoms with Gasteiger partial charge in [0.25, 0.3) is 0 Å². The van der Waals surface area contributed by atoms with Gasteiger partial charge in [-0.1, -0.05) is 18.5 Å². The number of aromatic nitrogens is 1. The Morgan fingerprint density at radius 2 is 2.17 bits per heavy atom. The van der Waals surface area contributed by atoms with Crippen molar-refractivity contribution in [3.05, 3.63) is 35.5 Å². The number of nitrogens with one attached hydrogen (secondary N) is 1. The zero-order valence-corrected chi connectivity index (χ0v) is 11.8. The molecule has 96 valence electrons. The molecular weight excluding hydrogens is 267 g/mol. The average Bonchev–Trinajstić information content (AvgIpc) is 2.38. The fraction of sp³-hybridized carbons (Fsp3) is 0.357. The quantitative estimate of drug-likeness (QED) is 0.804. The van der Waals surface area contributed by atoms with Crippen molar-refractivity contribution in [3.63, 3.8) is 0 Å². The second kappa shape index (κ2) is 6.26. The van der Waals surface area contributed by atoms with Crippen LogP contribution in [0.2, 0.25) is 5.02 Å². The zero-order chi connectivity index (χ0) is 13.0. The number of pyridine rings is 1. The molecule has 1 aromatic carbocycles. The molecule has 0 bridgehead atoms. The summed E-state index contributed by atoms with van der Waals surface area (Å²) in [5.74, 6) is 0.667. The highest BCUT2D eigenvalue weighted by atomic mass is 35.5. The minimum atomic E-state index is 0.392. The van der Waals surface area contributed by atoms with Crippen molar-refractivity contribution in [1.29, 1.82) is 0 Å². The van der Waals surface area contributed by atoms with E-state index in [1.165, 1.54) is 0 Å². The standard InChI is InChI=1S/C14H16Cl2N2/c1-2-11(5-7-15)18-13-6-8-17-14-9-10(16)3-4-12(13)14/h3-4,6,8-9,11H,2,5,7H2,1H3,(H,17,18). The molecule has 0 fully saturated rings. The third-order valence-electron chi connectivity index (χ3n) is 3.01. The van der Waals surface area contributed by atoms with Gasteiger partial charge in [0, 0.05) is 34.2 Å². The number of hydrogen-bond donors (Lipinski definition) is 1. The predicted octanol–water partition coefficient (Wildman–Crippen LogP) is 4.71. The molecule has 1 unspecified atom stereocenters. The fourth-order valence-corrected chi connectivity index (χ4v) is 2.41. The van der Waals surface area contributed by atoms with Crippen LogP contribution in [0.5, 0.6) is 0 Å². The van der Waals surface area contributed by atoms with E-state index >= 15 is 0 Å². The Balaban J connectivity index is 2.32. The molecule has 2 aromatic rings. The van der Waals surface area contributed by atoms with Crippen molar-refractivity contribution in [3.8, 4) is 0 Å². The van der Waals surface area contributed by atoms with Crippen LogP contribution in [0.4, 0.5) is 5.69 Å². The number of rotatable bonds is 5. The molecule has 1 aromatic heterocycles. The molecule has 18 heavy (non-hydrogen) atoms. The summed E-state index contributed by atoms with van der Waals surface area (Å²) in [6, 6.07) is 8.15. The molecule has 0 radical (unpaired) electrons. The topological polar surface area (TPSA) is 24.9 Å². The predicted molar refractivity (Wildman–Crippen MR) is 79.8 cm³/mol. The summed E-state index contributed by atoms with van der Waals surface area (Å²) in [5.41, 5.74) is 2.00. The minimum absolute atomic E-state index is 0.392. The van der Waals surface area contributed by atoms with E-state index < -0.39 is 0 Å². The average molecular weight is 283 g/mol. The molecular formula is C14H16Cl2N2. The number of anilines is 1. The van der Waals surface area contributed by atoms with Crippen LogP contribution in [0.15, 0.2) is 30.5 Å². The first-order chi connectivity index (χ1) is 8.74. The second-order valence-electron chi connectivity index (χ2n) is 4.25. The van der Waals surface area contributed by atoms with Crippen LogP contribution in [0.3, 0.4) is 0 Å². The summed E-state index contributed by atoms with van der Waals surface area (Å²) in [5, 5.41) is 5.33. The van der Waals surface area contributed by atoms with E-state index in [-0.39, 0.29) is 0 Å². The first-order valence-electron chi connectivity index (χ1n) is 6.11. The van der Waals surface area contributed by atoms with Gasteiger partial charge in [-0.05, 0) is 37.1 Å². The van der Waals surface area contributed by atoms with Crippen LogP contribution in [0.25, 0.3) is 10.9 Å². The lowest BCUT2D eigenvalue weighted by Crippen LogP contribution is -2.19.